The molecule has 0 fully saturated rings. The van der Waals surface area contributed by atoms with Crippen molar-refractivity contribution < 1.29 is 9.13 Å². The van der Waals surface area contributed by atoms with Crippen LogP contribution in [0.2, 0.25) is 0 Å². The lowest BCUT2D eigenvalue weighted by molar-refractivity contribution is 0.372. The molecule has 0 aromatic heterocycles. The van der Waals surface area contributed by atoms with E-state index in [0.29, 0.717) is 5.75 Å². The average Bonchev–Trinajstić information content (AvgIpc) is 2.38. The standard InChI is InChI=1S/C15H11FO/c1-2-11-17-15-6-4-3-5-14(15)12-7-9-13(16)10-8-12/h1,3-10H,11H2. The molecule has 0 amide bonds. The van der Waals surface area contributed by atoms with Gasteiger partial charge >= 0.3 is 0 Å². The molecule has 0 unspecified atom stereocenters. The summed E-state index contributed by atoms with van der Waals surface area (Å²) in [5.74, 6) is 2.87. The van der Waals surface area contributed by atoms with Crippen molar-refractivity contribution in [1.82, 2.24) is 0 Å². The minimum Gasteiger partial charge on any atom is -0.480 e. The zero-order chi connectivity index (χ0) is 12.1. The van der Waals surface area contributed by atoms with Gasteiger partial charge in [0.2, 0.25) is 0 Å². The molecule has 2 aromatic rings. The summed E-state index contributed by atoms with van der Waals surface area (Å²) in [6.07, 6.45) is 5.16. The lowest BCUT2D eigenvalue weighted by Crippen LogP contribution is -1.95. The SMILES string of the molecule is C#CCOc1ccccc1-c1ccc(F)cc1. The number of hydrogen-bond acceptors (Lipinski definition) is 1. The zero-order valence-electron chi connectivity index (χ0n) is 9.19. The molecule has 0 saturated carbocycles. The molecule has 2 aromatic carbocycles. The third-order valence-electron chi connectivity index (χ3n) is 2.35. The second-order valence-electron chi connectivity index (χ2n) is 3.50. The van der Waals surface area contributed by atoms with E-state index in [4.69, 9.17) is 11.2 Å². The first-order valence-corrected chi connectivity index (χ1v) is 5.22. The molecule has 0 saturated heterocycles. The Balaban J connectivity index is 2.37. The third kappa shape index (κ3) is 2.64. The van der Waals surface area contributed by atoms with E-state index >= 15 is 0 Å². The van der Waals surface area contributed by atoms with E-state index in [-0.39, 0.29) is 12.4 Å². The Labute approximate surface area is 99.9 Å². The van der Waals surface area contributed by atoms with Crippen molar-refractivity contribution >= 4 is 0 Å². The summed E-state index contributed by atoms with van der Waals surface area (Å²) in [6, 6.07) is 13.8. The van der Waals surface area contributed by atoms with E-state index in [9.17, 15) is 4.39 Å². The molecule has 0 aliphatic rings. The molecule has 0 aliphatic heterocycles. The van der Waals surface area contributed by atoms with Crippen LogP contribution in [0.5, 0.6) is 5.75 Å². The molecular weight excluding hydrogens is 215 g/mol. The predicted octanol–water partition coefficient (Wildman–Crippen LogP) is 3.50. The van der Waals surface area contributed by atoms with Gasteiger partial charge in [0.05, 0.1) is 0 Å². The number of halogens is 1. The maximum Gasteiger partial charge on any atom is 0.148 e. The highest BCUT2D eigenvalue weighted by atomic mass is 19.1. The van der Waals surface area contributed by atoms with Gasteiger partial charge in [-0.05, 0) is 23.8 Å². The van der Waals surface area contributed by atoms with Gasteiger partial charge in [0.1, 0.15) is 18.2 Å². The van der Waals surface area contributed by atoms with Crippen LogP contribution in [0.1, 0.15) is 0 Å². The molecule has 0 radical (unpaired) electrons. The van der Waals surface area contributed by atoms with Crippen LogP contribution in [0.15, 0.2) is 48.5 Å². The van der Waals surface area contributed by atoms with Gasteiger partial charge < -0.3 is 4.74 Å². The molecule has 2 rings (SSSR count). The van der Waals surface area contributed by atoms with E-state index in [1.807, 2.05) is 24.3 Å². The van der Waals surface area contributed by atoms with Crippen LogP contribution in [0.25, 0.3) is 11.1 Å². The number of hydrogen-bond donors (Lipinski definition) is 0. The van der Waals surface area contributed by atoms with E-state index in [0.717, 1.165) is 11.1 Å². The average molecular weight is 226 g/mol. The Morgan fingerprint density at radius 2 is 1.76 bits per heavy atom. The van der Waals surface area contributed by atoms with Gasteiger partial charge in [0.15, 0.2) is 0 Å². The maximum atomic E-state index is 12.8. The first-order chi connectivity index (χ1) is 8.31. The Kier molecular flexibility index (Phi) is 3.42. The van der Waals surface area contributed by atoms with Crippen LogP contribution in [0.4, 0.5) is 4.39 Å². The molecule has 0 N–H and O–H groups in total. The highest BCUT2D eigenvalue weighted by Gasteiger charge is 2.05. The summed E-state index contributed by atoms with van der Waals surface area (Å²) in [4.78, 5) is 0. The van der Waals surface area contributed by atoms with Crippen LogP contribution >= 0.6 is 0 Å². The van der Waals surface area contributed by atoms with Crippen molar-refractivity contribution in [1.29, 1.82) is 0 Å². The minimum atomic E-state index is -0.254. The first-order valence-electron chi connectivity index (χ1n) is 5.22. The summed E-state index contributed by atoms with van der Waals surface area (Å²) in [6.45, 7) is 0.220. The number of ether oxygens (including phenoxy) is 1. The summed E-state index contributed by atoms with van der Waals surface area (Å²) in [5, 5.41) is 0. The number of rotatable bonds is 3. The van der Waals surface area contributed by atoms with Crippen LogP contribution in [-0.2, 0) is 0 Å². The van der Waals surface area contributed by atoms with Gasteiger partial charge in [0, 0.05) is 5.56 Å². The maximum absolute atomic E-state index is 12.8. The smallest absolute Gasteiger partial charge is 0.148 e. The fourth-order valence-corrected chi connectivity index (χ4v) is 1.58. The zero-order valence-corrected chi connectivity index (χ0v) is 9.19. The molecule has 17 heavy (non-hydrogen) atoms. The van der Waals surface area contributed by atoms with Gasteiger partial charge in [-0.25, -0.2) is 4.39 Å². The van der Waals surface area contributed by atoms with Crippen molar-refractivity contribution in [3.05, 3.63) is 54.3 Å². The van der Waals surface area contributed by atoms with Crippen molar-refractivity contribution in [2.75, 3.05) is 6.61 Å². The van der Waals surface area contributed by atoms with E-state index in [1.165, 1.54) is 12.1 Å². The normalized spacial score (nSPS) is 9.65. The lowest BCUT2D eigenvalue weighted by Gasteiger charge is -2.09. The topological polar surface area (TPSA) is 9.23 Å². The first kappa shape index (κ1) is 11.2. The number of para-hydroxylation sites is 1. The van der Waals surface area contributed by atoms with Gasteiger partial charge in [-0.3, -0.25) is 0 Å². The quantitative estimate of drug-likeness (QED) is 0.728. The number of terminal acetylenes is 1. The van der Waals surface area contributed by atoms with E-state index in [1.54, 1.807) is 12.1 Å². The molecule has 84 valence electrons. The Morgan fingerprint density at radius 3 is 2.47 bits per heavy atom. The Hall–Kier alpha value is -2.27. The van der Waals surface area contributed by atoms with Crippen LogP contribution in [-0.4, -0.2) is 6.61 Å². The fraction of sp³-hybridized carbons (Fsp3) is 0.0667. The van der Waals surface area contributed by atoms with Crippen LogP contribution in [0.3, 0.4) is 0 Å². The summed E-state index contributed by atoms with van der Waals surface area (Å²) < 4.78 is 18.3. The van der Waals surface area contributed by atoms with Crippen molar-refractivity contribution in [3.8, 4) is 29.2 Å². The molecule has 0 spiro atoms. The van der Waals surface area contributed by atoms with Gasteiger partial charge in [-0.1, -0.05) is 36.3 Å². The predicted molar refractivity (Wildman–Crippen MR) is 66.2 cm³/mol. The molecule has 1 nitrogen and oxygen atoms in total. The van der Waals surface area contributed by atoms with Crippen molar-refractivity contribution in [2.24, 2.45) is 0 Å². The van der Waals surface area contributed by atoms with Crippen LogP contribution < -0.4 is 4.74 Å². The lowest BCUT2D eigenvalue weighted by atomic mass is 10.0. The van der Waals surface area contributed by atoms with Crippen molar-refractivity contribution in [2.45, 2.75) is 0 Å². The third-order valence-corrected chi connectivity index (χ3v) is 2.35. The monoisotopic (exact) mass is 226 g/mol. The molecule has 0 aliphatic carbocycles. The van der Waals surface area contributed by atoms with Gasteiger partial charge in [-0.2, -0.15) is 0 Å². The summed E-state index contributed by atoms with van der Waals surface area (Å²) >= 11 is 0. The van der Waals surface area contributed by atoms with Gasteiger partial charge in [-0.15, -0.1) is 6.42 Å². The fourth-order valence-electron chi connectivity index (χ4n) is 1.58. The molecule has 0 atom stereocenters. The summed E-state index contributed by atoms with van der Waals surface area (Å²) in [5.41, 5.74) is 1.81. The largest absolute Gasteiger partial charge is 0.480 e. The van der Waals surface area contributed by atoms with E-state index < -0.39 is 0 Å². The number of benzene rings is 2. The van der Waals surface area contributed by atoms with Crippen molar-refractivity contribution in [3.63, 3.8) is 0 Å². The second kappa shape index (κ2) is 5.18. The summed E-state index contributed by atoms with van der Waals surface area (Å²) in [7, 11) is 0. The second-order valence-corrected chi connectivity index (χ2v) is 3.50. The van der Waals surface area contributed by atoms with Crippen LogP contribution in [0, 0.1) is 18.2 Å². The highest BCUT2D eigenvalue weighted by molar-refractivity contribution is 5.70. The van der Waals surface area contributed by atoms with E-state index in [2.05, 4.69) is 5.92 Å². The Bertz CT molecular complexity index is 538. The minimum absolute atomic E-state index is 0.220. The van der Waals surface area contributed by atoms with Gasteiger partial charge in [0.25, 0.3) is 0 Å². The molecule has 2 heteroatoms. The molecular formula is C15H11FO. The molecule has 0 bridgehead atoms. The Morgan fingerprint density at radius 1 is 1.06 bits per heavy atom. The molecule has 0 heterocycles. The highest BCUT2D eigenvalue weighted by Crippen LogP contribution is 2.29.